The van der Waals surface area contributed by atoms with E-state index in [0.717, 1.165) is 12.3 Å². The van der Waals surface area contributed by atoms with Crippen LogP contribution in [0.3, 0.4) is 0 Å². The molecule has 1 aliphatic rings. The van der Waals surface area contributed by atoms with Crippen molar-refractivity contribution in [3.63, 3.8) is 0 Å². The summed E-state index contributed by atoms with van der Waals surface area (Å²) in [6.45, 7) is 0.985. The van der Waals surface area contributed by atoms with Gasteiger partial charge in [-0.1, -0.05) is 12.2 Å². The topological polar surface area (TPSA) is 12.5 Å². The minimum atomic E-state index is 0.915. The molecule has 0 bridgehead atoms. The molecule has 68 valence electrons. The Bertz CT molecular complexity index is 344. The molecule has 0 aliphatic carbocycles. The third-order valence-corrected chi connectivity index (χ3v) is 2.32. The normalized spacial score (nSPS) is 14.2. The summed E-state index contributed by atoms with van der Waals surface area (Å²) >= 11 is 0. The van der Waals surface area contributed by atoms with Crippen LogP contribution < -0.4 is 9.64 Å². The standard InChI is InChI=1S/C11H13NO/c1-12-7-3-4-9-8-10(13-2)5-6-11(9)12/h3-6,8H,7H2,1-2H3. The Morgan fingerprint density at radius 2 is 2.23 bits per heavy atom. The van der Waals surface area contributed by atoms with Crippen molar-refractivity contribution >= 4 is 11.8 Å². The van der Waals surface area contributed by atoms with Crippen molar-refractivity contribution in [1.29, 1.82) is 0 Å². The van der Waals surface area contributed by atoms with Crippen LogP contribution in [0.2, 0.25) is 0 Å². The van der Waals surface area contributed by atoms with Crippen molar-refractivity contribution in [2.45, 2.75) is 0 Å². The van der Waals surface area contributed by atoms with Gasteiger partial charge >= 0.3 is 0 Å². The lowest BCUT2D eigenvalue weighted by atomic mass is 10.1. The smallest absolute Gasteiger partial charge is 0.119 e. The van der Waals surface area contributed by atoms with E-state index in [1.165, 1.54) is 11.3 Å². The van der Waals surface area contributed by atoms with E-state index >= 15 is 0 Å². The van der Waals surface area contributed by atoms with Crippen LogP contribution in [-0.4, -0.2) is 20.7 Å². The largest absolute Gasteiger partial charge is 0.497 e. The maximum atomic E-state index is 5.16. The third-order valence-electron chi connectivity index (χ3n) is 2.32. The van der Waals surface area contributed by atoms with Crippen LogP contribution in [0.4, 0.5) is 5.69 Å². The van der Waals surface area contributed by atoms with Gasteiger partial charge in [0.2, 0.25) is 0 Å². The van der Waals surface area contributed by atoms with Gasteiger partial charge in [0.05, 0.1) is 7.11 Å². The number of methoxy groups -OCH3 is 1. The Morgan fingerprint density at radius 3 is 3.00 bits per heavy atom. The lowest BCUT2D eigenvalue weighted by Gasteiger charge is -2.23. The molecule has 1 heterocycles. The van der Waals surface area contributed by atoms with E-state index in [1.54, 1.807) is 7.11 Å². The monoisotopic (exact) mass is 175 g/mol. The number of nitrogens with zero attached hydrogens (tertiary/aromatic N) is 1. The van der Waals surface area contributed by atoms with Crippen LogP contribution >= 0.6 is 0 Å². The number of benzene rings is 1. The first-order valence-electron chi connectivity index (χ1n) is 4.37. The summed E-state index contributed by atoms with van der Waals surface area (Å²) in [7, 11) is 3.78. The van der Waals surface area contributed by atoms with Gasteiger partial charge in [-0.3, -0.25) is 0 Å². The highest BCUT2D eigenvalue weighted by atomic mass is 16.5. The van der Waals surface area contributed by atoms with Crippen LogP contribution in [-0.2, 0) is 0 Å². The van der Waals surface area contributed by atoms with E-state index in [0.29, 0.717) is 0 Å². The highest BCUT2D eigenvalue weighted by Crippen LogP contribution is 2.28. The average molecular weight is 175 g/mol. The van der Waals surface area contributed by atoms with Crippen LogP contribution in [0.15, 0.2) is 24.3 Å². The second kappa shape index (κ2) is 3.13. The van der Waals surface area contributed by atoms with Gasteiger partial charge in [-0.05, 0) is 18.2 Å². The second-order valence-corrected chi connectivity index (χ2v) is 3.21. The lowest BCUT2D eigenvalue weighted by molar-refractivity contribution is 0.414. The predicted molar refractivity (Wildman–Crippen MR) is 55.3 cm³/mol. The third kappa shape index (κ3) is 1.39. The highest BCUT2D eigenvalue weighted by molar-refractivity contribution is 5.72. The van der Waals surface area contributed by atoms with Crippen LogP contribution in [0.1, 0.15) is 5.56 Å². The summed E-state index contributed by atoms with van der Waals surface area (Å²) in [6.07, 6.45) is 4.29. The molecule has 1 aromatic carbocycles. The predicted octanol–water partition coefficient (Wildman–Crippen LogP) is 2.16. The first-order chi connectivity index (χ1) is 6.31. The van der Waals surface area contributed by atoms with Crippen molar-refractivity contribution in [3.8, 4) is 5.75 Å². The van der Waals surface area contributed by atoms with Gasteiger partial charge in [0, 0.05) is 24.8 Å². The molecular weight excluding hydrogens is 162 g/mol. The first kappa shape index (κ1) is 8.17. The molecule has 2 rings (SSSR count). The van der Waals surface area contributed by atoms with Gasteiger partial charge in [0.25, 0.3) is 0 Å². The van der Waals surface area contributed by atoms with Crippen molar-refractivity contribution < 1.29 is 4.74 Å². The Hall–Kier alpha value is -1.44. The number of likely N-dealkylation sites (N-methyl/N-ethyl adjacent to an activating group) is 1. The summed E-state index contributed by atoms with van der Waals surface area (Å²) in [6, 6.07) is 6.15. The number of ether oxygens (including phenoxy) is 1. The number of rotatable bonds is 1. The number of anilines is 1. The quantitative estimate of drug-likeness (QED) is 0.648. The minimum absolute atomic E-state index is 0.915. The fourth-order valence-corrected chi connectivity index (χ4v) is 1.58. The van der Waals surface area contributed by atoms with E-state index < -0.39 is 0 Å². The molecule has 13 heavy (non-hydrogen) atoms. The average Bonchev–Trinajstić information content (AvgIpc) is 2.18. The summed E-state index contributed by atoms with van der Waals surface area (Å²) in [4.78, 5) is 2.22. The van der Waals surface area contributed by atoms with E-state index in [2.05, 4.69) is 36.2 Å². The van der Waals surface area contributed by atoms with E-state index in [4.69, 9.17) is 4.74 Å². The number of fused-ring (bicyclic) bond motifs is 1. The number of hydrogen-bond donors (Lipinski definition) is 0. The van der Waals surface area contributed by atoms with Crippen LogP contribution in [0.5, 0.6) is 5.75 Å². The zero-order chi connectivity index (χ0) is 9.26. The Morgan fingerprint density at radius 1 is 1.38 bits per heavy atom. The number of hydrogen-bond acceptors (Lipinski definition) is 2. The molecule has 0 N–H and O–H groups in total. The van der Waals surface area contributed by atoms with Gasteiger partial charge in [-0.25, -0.2) is 0 Å². The first-order valence-corrected chi connectivity index (χ1v) is 4.37. The van der Waals surface area contributed by atoms with Gasteiger partial charge in [-0.15, -0.1) is 0 Å². The molecule has 0 saturated heterocycles. The molecule has 0 radical (unpaired) electrons. The van der Waals surface area contributed by atoms with Crippen molar-refractivity contribution in [3.05, 3.63) is 29.8 Å². The lowest BCUT2D eigenvalue weighted by Crippen LogP contribution is -2.19. The van der Waals surface area contributed by atoms with Crippen molar-refractivity contribution in [1.82, 2.24) is 0 Å². The van der Waals surface area contributed by atoms with Crippen molar-refractivity contribution in [2.24, 2.45) is 0 Å². The zero-order valence-electron chi connectivity index (χ0n) is 7.95. The van der Waals surface area contributed by atoms with Crippen LogP contribution in [0, 0.1) is 0 Å². The van der Waals surface area contributed by atoms with Gasteiger partial charge in [-0.2, -0.15) is 0 Å². The van der Waals surface area contributed by atoms with E-state index in [1.807, 2.05) is 6.07 Å². The summed E-state index contributed by atoms with van der Waals surface area (Å²) in [5.41, 5.74) is 2.50. The molecule has 2 nitrogen and oxygen atoms in total. The van der Waals surface area contributed by atoms with Crippen LogP contribution in [0.25, 0.3) is 6.08 Å². The van der Waals surface area contributed by atoms with Gasteiger partial charge < -0.3 is 9.64 Å². The summed E-state index contributed by atoms with van der Waals surface area (Å²) in [5.74, 6) is 0.915. The molecular formula is C11H13NO. The van der Waals surface area contributed by atoms with E-state index in [9.17, 15) is 0 Å². The fraction of sp³-hybridized carbons (Fsp3) is 0.273. The fourth-order valence-electron chi connectivity index (χ4n) is 1.58. The molecule has 0 amide bonds. The molecule has 0 fully saturated rings. The highest BCUT2D eigenvalue weighted by Gasteiger charge is 2.08. The molecule has 1 aliphatic heterocycles. The maximum absolute atomic E-state index is 5.16. The molecule has 1 aromatic rings. The van der Waals surface area contributed by atoms with Crippen molar-refractivity contribution in [2.75, 3.05) is 25.6 Å². The molecule has 0 saturated carbocycles. The van der Waals surface area contributed by atoms with E-state index in [-0.39, 0.29) is 0 Å². The zero-order valence-corrected chi connectivity index (χ0v) is 7.95. The van der Waals surface area contributed by atoms with Gasteiger partial charge in [0.1, 0.15) is 5.75 Å². The molecule has 0 aromatic heterocycles. The second-order valence-electron chi connectivity index (χ2n) is 3.21. The van der Waals surface area contributed by atoms with Gasteiger partial charge in [0.15, 0.2) is 0 Å². The molecule has 0 unspecified atom stereocenters. The molecule has 0 atom stereocenters. The Balaban J connectivity index is 2.47. The summed E-state index contributed by atoms with van der Waals surface area (Å²) in [5, 5.41) is 0. The SMILES string of the molecule is COc1ccc2c(c1)C=CCN2C. The Kier molecular flexibility index (Phi) is 1.97. The molecule has 2 heteroatoms. The molecule has 0 spiro atoms. The Labute approximate surface area is 78.4 Å². The minimum Gasteiger partial charge on any atom is -0.497 e. The maximum Gasteiger partial charge on any atom is 0.119 e. The summed E-state index contributed by atoms with van der Waals surface area (Å²) < 4.78 is 5.16.